The maximum Gasteiger partial charge on any atom is 0.130 e. The van der Waals surface area contributed by atoms with Gasteiger partial charge in [-0.2, -0.15) is 0 Å². The predicted molar refractivity (Wildman–Crippen MR) is 77.3 cm³/mol. The molecule has 2 aliphatic rings. The van der Waals surface area contributed by atoms with E-state index in [0.29, 0.717) is 0 Å². The second-order valence-electron chi connectivity index (χ2n) is 6.14. The van der Waals surface area contributed by atoms with Crippen LogP contribution in [0.25, 0.3) is 0 Å². The number of aliphatic hydroxyl groups excluding tert-OH is 4. The van der Waals surface area contributed by atoms with Crippen molar-refractivity contribution in [1.82, 2.24) is 0 Å². The lowest BCUT2D eigenvalue weighted by molar-refractivity contribution is -0.178. The van der Waals surface area contributed by atoms with Crippen LogP contribution in [0.2, 0.25) is 0 Å². The lowest BCUT2D eigenvalue weighted by Gasteiger charge is -2.43. The summed E-state index contributed by atoms with van der Waals surface area (Å²) in [6.45, 7) is 3.53. The molecule has 1 saturated carbocycles. The van der Waals surface area contributed by atoms with Crippen molar-refractivity contribution in [3.8, 4) is 0 Å². The fourth-order valence-corrected chi connectivity index (χ4v) is 4.75. The second-order valence-corrected chi connectivity index (χ2v) is 7.48. The standard InChI is InChI=1S/C14H26O5S/c1-7-4-3-5-10(11(7)16)20-14-13(18)8(2)12(17)9(6-15)19-14/h7-18H,3-6H2,1-2H3. The van der Waals surface area contributed by atoms with Gasteiger partial charge in [0.1, 0.15) is 11.5 Å². The smallest absolute Gasteiger partial charge is 0.130 e. The molecule has 0 aromatic rings. The Balaban J connectivity index is 2.00. The minimum absolute atomic E-state index is 0.0418. The lowest BCUT2D eigenvalue weighted by Crippen LogP contribution is -2.54. The van der Waals surface area contributed by atoms with Crippen molar-refractivity contribution in [3.05, 3.63) is 0 Å². The molecule has 0 aromatic heterocycles. The fourth-order valence-electron chi connectivity index (χ4n) is 3.06. The topological polar surface area (TPSA) is 90.2 Å². The van der Waals surface area contributed by atoms with Gasteiger partial charge in [0.25, 0.3) is 0 Å². The number of thioether (sulfide) groups is 1. The van der Waals surface area contributed by atoms with E-state index in [9.17, 15) is 20.4 Å². The maximum atomic E-state index is 10.2. The molecule has 20 heavy (non-hydrogen) atoms. The molecule has 5 nitrogen and oxygen atoms in total. The number of aliphatic hydroxyl groups is 4. The molecule has 0 bridgehead atoms. The molecule has 4 N–H and O–H groups in total. The Morgan fingerprint density at radius 1 is 1.05 bits per heavy atom. The minimum atomic E-state index is -0.859. The van der Waals surface area contributed by atoms with Crippen LogP contribution in [-0.2, 0) is 4.74 Å². The van der Waals surface area contributed by atoms with Crippen molar-refractivity contribution in [2.75, 3.05) is 6.61 Å². The summed E-state index contributed by atoms with van der Waals surface area (Å²) in [5.74, 6) is -0.0878. The van der Waals surface area contributed by atoms with Gasteiger partial charge in [-0.3, -0.25) is 0 Å². The highest BCUT2D eigenvalue weighted by Crippen LogP contribution is 2.39. The molecule has 6 heteroatoms. The van der Waals surface area contributed by atoms with E-state index in [-0.39, 0.29) is 29.8 Å². The molecule has 2 fully saturated rings. The van der Waals surface area contributed by atoms with Crippen LogP contribution in [0.4, 0.5) is 0 Å². The number of hydrogen-bond donors (Lipinski definition) is 4. The van der Waals surface area contributed by atoms with E-state index in [4.69, 9.17) is 4.74 Å². The first-order valence-electron chi connectivity index (χ1n) is 7.41. The highest BCUT2D eigenvalue weighted by molar-refractivity contribution is 8.00. The first kappa shape index (κ1) is 16.5. The lowest BCUT2D eigenvalue weighted by atomic mass is 9.88. The van der Waals surface area contributed by atoms with Crippen LogP contribution >= 0.6 is 11.8 Å². The minimum Gasteiger partial charge on any atom is -0.394 e. The summed E-state index contributed by atoms with van der Waals surface area (Å²) in [7, 11) is 0. The number of ether oxygens (including phenoxy) is 1. The van der Waals surface area contributed by atoms with Crippen molar-refractivity contribution in [2.24, 2.45) is 11.8 Å². The highest BCUT2D eigenvalue weighted by atomic mass is 32.2. The zero-order chi connectivity index (χ0) is 14.9. The Hall–Kier alpha value is 0.150. The van der Waals surface area contributed by atoms with Crippen molar-refractivity contribution in [3.63, 3.8) is 0 Å². The van der Waals surface area contributed by atoms with Gasteiger partial charge in [-0.15, -0.1) is 11.8 Å². The molecule has 1 aliphatic carbocycles. The van der Waals surface area contributed by atoms with Gasteiger partial charge in [0, 0.05) is 11.2 Å². The van der Waals surface area contributed by atoms with E-state index in [1.807, 2.05) is 6.92 Å². The van der Waals surface area contributed by atoms with Crippen molar-refractivity contribution < 1.29 is 25.2 Å². The van der Waals surface area contributed by atoms with E-state index >= 15 is 0 Å². The zero-order valence-electron chi connectivity index (χ0n) is 12.1. The Bertz CT molecular complexity index is 314. The summed E-state index contributed by atoms with van der Waals surface area (Å²) in [5.41, 5.74) is -0.504. The van der Waals surface area contributed by atoms with Crippen molar-refractivity contribution in [1.29, 1.82) is 0 Å². The average Bonchev–Trinajstić information content (AvgIpc) is 2.44. The van der Waals surface area contributed by atoms with Gasteiger partial charge in [0.15, 0.2) is 0 Å². The van der Waals surface area contributed by atoms with Crippen LogP contribution in [0.3, 0.4) is 0 Å². The number of rotatable bonds is 3. The summed E-state index contributed by atoms with van der Waals surface area (Å²) < 4.78 is 5.62. The van der Waals surface area contributed by atoms with Gasteiger partial charge in [0.05, 0.1) is 24.9 Å². The number of hydrogen-bond acceptors (Lipinski definition) is 6. The SMILES string of the molecule is CC1CCCC(SC2OC(CO)C(O)C(C)C2O)C1O. The summed E-state index contributed by atoms with van der Waals surface area (Å²) in [5, 5.41) is 39.7. The van der Waals surface area contributed by atoms with Crippen LogP contribution in [0.15, 0.2) is 0 Å². The summed E-state index contributed by atoms with van der Waals surface area (Å²) in [4.78, 5) is 0. The normalized spacial score (nSPS) is 50.1. The molecule has 0 spiro atoms. The molecule has 0 radical (unpaired) electrons. The summed E-state index contributed by atoms with van der Waals surface area (Å²) in [6, 6.07) is 0. The Morgan fingerprint density at radius 3 is 2.40 bits per heavy atom. The van der Waals surface area contributed by atoms with Crippen LogP contribution in [0, 0.1) is 11.8 Å². The molecule has 1 heterocycles. The Kier molecular flexibility index (Phi) is 5.73. The molecule has 8 atom stereocenters. The third kappa shape index (κ3) is 3.31. The van der Waals surface area contributed by atoms with Gasteiger partial charge in [-0.1, -0.05) is 20.3 Å². The monoisotopic (exact) mass is 306 g/mol. The van der Waals surface area contributed by atoms with Crippen molar-refractivity contribution >= 4 is 11.8 Å². The third-order valence-corrected chi connectivity index (χ3v) is 6.17. The van der Waals surface area contributed by atoms with Gasteiger partial charge < -0.3 is 25.2 Å². The summed E-state index contributed by atoms with van der Waals surface area (Å²) in [6.07, 6.45) is 0.303. The molecule has 1 aliphatic heterocycles. The Labute approximate surface area is 124 Å². The first-order valence-corrected chi connectivity index (χ1v) is 8.36. The third-order valence-electron chi connectivity index (χ3n) is 4.65. The molecule has 8 unspecified atom stereocenters. The van der Waals surface area contributed by atoms with Crippen LogP contribution in [0.5, 0.6) is 0 Å². The molecule has 1 saturated heterocycles. The second kappa shape index (κ2) is 6.94. The van der Waals surface area contributed by atoms with Gasteiger partial charge in [-0.25, -0.2) is 0 Å². The molecule has 118 valence electrons. The maximum absolute atomic E-state index is 10.2. The van der Waals surface area contributed by atoms with Crippen LogP contribution < -0.4 is 0 Å². The highest BCUT2D eigenvalue weighted by Gasteiger charge is 2.44. The zero-order valence-corrected chi connectivity index (χ0v) is 12.9. The quantitative estimate of drug-likeness (QED) is 0.601. The first-order chi connectivity index (χ1) is 9.45. The van der Waals surface area contributed by atoms with E-state index in [1.54, 1.807) is 6.92 Å². The van der Waals surface area contributed by atoms with E-state index in [0.717, 1.165) is 19.3 Å². The van der Waals surface area contributed by atoms with E-state index in [1.165, 1.54) is 11.8 Å². The van der Waals surface area contributed by atoms with E-state index < -0.39 is 23.7 Å². The summed E-state index contributed by atoms with van der Waals surface area (Å²) >= 11 is 1.44. The molecular formula is C14H26O5S. The largest absolute Gasteiger partial charge is 0.394 e. The fraction of sp³-hybridized carbons (Fsp3) is 1.00. The molecule has 0 amide bonds. The molecule has 0 aromatic carbocycles. The van der Waals surface area contributed by atoms with Crippen LogP contribution in [0.1, 0.15) is 33.1 Å². The van der Waals surface area contributed by atoms with Crippen molar-refractivity contribution in [2.45, 2.75) is 68.2 Å². The van der Waals surface area contributed by atoms with Gasteiger partial charge in [0.2, 0.25) is 0 Å². The molecular weight excluding hydrogens is 280 g/mol. The average molecular weight is 306 g/mol. The van der Waals surface area contributed by atoms with Crippen LogP contribution in [-0.4, -0.2) is 62.1 Å². The van der Waals surface area contributed by atoms with Gasteiger partial charge >= 0.3 is 0 Å². The predicted octanol–water partition coefficient (Wildman–Crippen LogP) is 0.344. The van der Waals surface area contributed by atoms with E-state index in [2.05, 4.69) is 0 Å². The molecule has 2 rings (SSSR count). The Morgan fingerprint density at radius 2 is 1.75 bits per heavy atom. The van der Waals surface area contributed by atoms with Gasteiger partial charge in [-0.05, 0) is 18.8 Å².